The van der Waals surface area contributed by atoms with Gasteiger partial charge in [0.2, 0.25) is 5.91 Å². The molecule has 1 N–H and O–H groups in total. The molecule has 1 aromatic heterocycles. The molecule has 25 heavy (non-hydrogen) atoms. The van der Waals surface area contributed by atoms with Crippen LogP contribution in [0.5, 0.6) is 11.5 Å². The molecule has 0 saturated carbocycles. The van der Waals surface area contributed by atoms with Crippen LogP contribution < -0.4 is 14.8 Å². The van der Waals surface area contributed by atoms with Crippen molar-refractivity contribution in [3.63, 3.8) is 0 Å². The number of ether oxygens (including phenoxy) is 2. The molecule has 2 aromatic rings. The molecule has 1 fully saturated rings. The van der Waals surface area contributed by atoms with E-state index < -0.39 is 0 Å². The number of nitrogens with zero attached hydrogens (tertiary/aromatic N) is 1. The number of amides is 1. The molecule has 3 rings (SSSR count). The first-order valence-electron chi connectivity index (χ1n) is 8.57. The zero-order valence-corrected chi connectivity index (χ0v) is 14.4. The van der Waals surface area contributed by atoms with Gasteiger partial charge in [-0.3, -0.25) is 9.69 Å². The number of benzene rings is 1. The van der Waals surface area contributed by atoms with Crippen LogP contribution in [-0.4, -0.2) is 43.7 Å². The Morgan fingerprint density at radius 3 is 2.80 bits per heavy atom. The fourth-order valence-corrected chi connectivity index (χ4v) is 3.05. The second kappa shape index (κ2) is 8.58. The highest BCUT2D eigenvalue weighted by Gasteiger charge is 2.30. The summed E-state index contributed by atoms with van der Waals surface area (Å²) in [5.74, 6) is 2.43. The Labute approximate surface area is 147 Å². The van der Waals surface area contributed by atoms with Gasteiger partial charge < -0.3 is 19.2 Å². The summed E-state index contributed by atoms with van der Waals surface area (Å²) in [7, 11) is 1.64. The van der Waals surface area contributed by atoms with E-state index in [1.165, 1.54) is 0 Å². The third-order valence-electron chi connectivity index (χ3n) is 4.39. The number of furan rings is 1. The fourth-order valence-electron chi connectivity index (χ4n) is 3.05. The highest BCUT2D eigenvalue weighted by Crippen LogP contribution is 2.19. The van der Waals surface area contributed by atoms with Gasteiger partial charge in [-0.05, 0) is 55.8 Å². The topological polar surface area (TPSA) is 63.9 Å². The van der Waals surface area contributed by atoms with Gasteiger partial charge >= 0.3 is 0 Å². The minimum Gasteiger partial charge on any atom is -0.497 e. The molecule has 0 spiro atoms. The molecule has 6 nitrogen and oxygen atoms in total. The number of rotatable bonds is 8. The maximum absolute atomic E-state index is 12.4. The third kappa shape index (κ3) is 4.76. The summed E-state index contributed by atoms with van der Waals surface area (Å²) >= 11 is 0. The average Bonchev–Trinajstić information content (AvgIpc) is 3.32. The number of carbonyl (C=O) groups is 1. The number of hydrogen-bond acceptors (Lipinski definition) is 5. The first kappa shape index (κ1) is 17.4. The fraction of sp³-hybridized carbons (Fsp3) is 0.421. The van der Waals surface area contributed by atoms with Gasteiger partial charge in [0.25, 0.3) is 0 Å². The predicted molar refractivity (Wildman–Crippen MR) is 93.6 cm³/mol. The molecule has 134 valence electrons. The summed E-state index contributed by atoms with van der Waals surface area (Å²) in [4.78, 5) is 14.6. The van der Waals surface area contributed by atoms with Crippen LogP contribution in [0.1, 0.15) is 18.6 Å². The Kier molecular flexibility index (Phi) is 5.95. The van der Waals surface area contributed by atoms with Crippen LogP contribution in [0.25, 0.3) is 0 Å². The molecule has 0 aliphatic carbocycles. The first-order chi connectivity index (χ1) is 12.3. The van der Waals surface area contributed by atoms with Crippen molar-refractivity contribution in [2.75, 3.05) is 26.8 Å². The van der Waals surface area contributed by atoms with Crippen molar-refractivity contribution >= 4 is 5.91 Å². The molecule has 2 heterocycles. The molecule has 1 aromatic carbocycles. The van der Waals surface area contributed by atoms with Gasteiger partial charge in [0.05, 0.1) is 26.0 Å². The molecule has 1 atom stereocenters. The lowest BCUT2D eigenvalue weighted by Crippen LogP contribution is -2.44. The summed E-state index contributed by atoms with van der Waals surface area (Å²) in [5.41, 5.74) is 0. The Hall–Kier alpha value is -2.47. The summed E-state index contributed by atoms with van der Waals surface area (Å²) in [6.45, 7) is 2.63. The number of carbonyl (C=O) groups excluding carboxylic acids is 1. The maximum Gasteiger partial charge on any atom is 0.237 e. The smallest absolute Gasteiger partial charge is 0.237 e. The predicted octanol–water partition coefficient (Wildman–Crippen LogP) is 2.45. The standard InChI is InChI=1S/C19H24N2O4/c1-23-15-6-8-16(9-7-15)25-13-11-21-10-2-5-18(21)19(22)20-14-17-4-3-12-24-17/h3-4,6-9,12,18H,2,5,10-11,13-14H2,1H3,(H,20,22). The molecule has 1 saturated heterocycles. The van der Waals surface area contributed by atoms with Crippen LogP contribution in [0, 0.1) is 0 Å². The van der Waals surface area contributed by atoms with Crippen molar-refractivity contribution in [2.24, 2.45) is 0 Å². The summed E-state index contributed by atoms with van der Waals surface area (Å²) < 4.78 is 16.1. The molecule has 1 aliphatic rings. The molecule has 6 heteroatoms. The van der Waals surface area contributed by atoms with Gasteiger partial charge in [-0.25, -0.2) is 0 Å². The van der Waals surface area contributed by atoms with Crippen molar-refractivity contribution in [3.8, 4) is 11.5 Å². The van der Waals surface area contributed by atoms with E-state index in [1.54, 1.807) is 13.4 Å². The Bertz CT molecular complexity index is 655. The zero-order chi connectivity index (χ0) is 17.5. The Morgan fingerprint density at radius 1 is 1.28 bits per heavy atom. The number of methoxy groups -OCH3 is 1. The van der Waals surface area contributed by atoms with Gasteiger partial charge in [0, 0.05) is 6.54 Å². The zero-order valence-electron chi connectivity index (χ0n) is 14.4. The number of hydrogen-bond donors (Lipinski definition) is 1. The van der Waals surface area contributed by atoms with Crippen molar-refractivity contribution in [1.82, 2.24) is 10.2 Å². The van der Waals surface area contributed by atoms with Crippen LogP contribution in [0.2, 0.25) is 0 Å². The van der Waals surface area contributed by atoms with Gasteiger partial charge in [-0.2, -0.15) is 0 Å². The molecule has 0 bridgehead atoms. The maximum atomic E-state index is 12.4. The van der Waals surface area contributed by atoms with Gasteiger partial charge in [-0.15, -0.1) is 0 Å². The molecular formula is C19H24N2O4. The van der Waals surface area contributed by atoms with E-state index >= 15 is 0 Å². The first-order valence-corrected chi connectivity index (χ1v) is 8.57. The van der Waals surface area contributed by atoms with Gasteiger partial charge in [-0.1, -0.05) is 0 Å². The van der Waals surface area contributed by atoms with Crippen LogP contribution in [0.4, 0.5) is 0 Å². The van der Waals surface area contributed by atoms with Crippen molar-refractivity contribution in [1.29, 1.82) is 0 Å². The van der Waals surface area contributed by atoms with E-state index in [-0.39, 0.29) is 11.9 Å². The van der Waals surface area contributed by atoms with Crippen LogP contribution in [0.15, 0.2) is 47.1 Å². The lowest BCUT2D eigenvalue weighted by atomic mass is 10.2. The van der Waals surface area contributed by atoms with Crippen molar-refractivity contribution in [3.05, 3.63) is 48.4 Å². The summed E-state index contributed by atoms with van der Waals surface area (Å²) in [5, 5.41) is 2.95. The van der Waals surface area contributed by atoms with E-state index in [0.29, 0.717) is 13.2 Å². The second-order valence-corrected chi connectivity index (χ2v) is 6.02. The monoisotopic (exact) mass is 344 g/mol. The minimum atomic E-state index is -0.0885. The average molecular weight is 344 g/mol. The van der Waals surface area contributed by atoms with Crippen LogP contribution in [-0.2, 0) is 11.3 Å². The Balaban J connectivity index is 1.43. The normalized spacial score (nSPS) is 17.4. The molecular weight excluding hydrogens is 320 g/mol. The second-order valence-electron chi connectivity index (χ2n) is 6.02. The third-order valence-corrected chi connectivity index (χ3v) is 4.39. The highest BCUT2D eigenvalue weighted by molar-refractivity contribution is 5.81. The van der Waals surface area contributed by atoms with E-state index in [2.05, 4.69) is 10.2 Å². The SMILES string of the molecule is COc1ccc(OCCN2CCCC2C(=O)NCc2ccco2)cc1. The lowest BCUT2D eigenvalue weighted by molar-refractivity contribution is -0.125. The molecule has 1 unspecified atom stereocenters. The summed E-state index contributed by atoms with van der Waals surface area (Å²) in [6.07, 6.45) is 3.52. The highest BCUT2D eigenvalue weighted by atomic mass is 16.5. The largest absolute Gasteiger partial charge is 0.497 e. The van der Waals surface area contributed by atoms with Crippen molar-refractivity contribution < 1.29 is 18.7 Å². The van der Waals surface area contributed by atoms with E-state index in [4.69, 9.17) is 13.9 Å². The van der Waals surface area contributed by atoms with Gasteiger partial charge in [0.1, 0.15) is 23.9 Å². The molecule has 1 amide bonds. The van der Waals surface area contributed by atoms with Crippen molar-refractivity contribution in [2.45, 2.75) is 25.4 Å². The van der Waals surface area contributed by atoms with Crippen LogP contribution >= 0.6 is 0 Å². The van der Waals surface area contributed by atoms with E-state index in [0.717, 1.165) is 43.2 Å². The molecule has 0 radical (unpaired) electrons. The van der Waals surface area contributed by atoms with Gasteiger partial charge in [0.15, 0.2) is 0 Å². The molecule has 1 aliphatic heterocycles. The minimum absolute atomic E-state index is 0.0540. The number of likely N-dealkylation sites (tertiary alicyclic amines) is 1. The quantitative estimate of drug-likeness (QED) is 0.797. The summed E-state index contributed by atoms with van der Waals surface area (Å²) in [6, 6.07) is 11.1. The Morgan fingerprint density at radius 2 is 2.08 bits per heavy atom. The lowest BCUT2D eigenvalue weighted by Gasteiger charge is -2.23. The number of nitrogens with one attached hydrogen (secondary N) is 1. The van der Waals surface area contributed by atoms with Crippen LogP contribution in [0.3, 0.4) is 0 Å². The van der Waals surface area contributed by atoms with E-state index in [1.807, 2.05) is 36.4 Å². The van der Waals surface area contributed by atoms with E-state index in [9.17, 15) is 4.79 Å².